The van der Waals surface area contributed by atoms with Gasteiger partial charge in [-0.3, -0.25) is 4.99 Å². The van der Waals surface area contributed by atoms with Crippen LogP contribution in [0.2, 0.25) is 0 Å². The minimum absolute atomic E-state index is 0.172. The smallest absolute Gasteiger partial charge is 0.410 e. The van der Waals surface area contributed by atoms with Crippen molar-refractivity contribution in [3.05, 3.63) is 0 Å². The molecular formula is C22H40N4O3S. The molecule has 3 rings (SSSR count). The highest BCUT2D eigenvalue weighted by Crippen LogP contribution is 2.32. The zero-order valence-corrected chi connectivity index (χ0v) is 20.0. The summed E-state index contributed by atoms with van der Waals surface area (Å²) in [5.74, 6) is 3.30. The average Bonchev–Trinajstić information content (AvgIpc) is 3.41. The van der Waals surface area contributed by atoms with Crippen LogP contribution in [-0.2, 0) is 4.74 Å². The highest BCUT2D eigenvalue weighted by molar-refractivity contribution is 7.99. The number of ether oxygens (including phenoxy) is 1. The Hall–Kier alpha value is -1.15. The molecule has 2 heterocycles. The molecule has 7 nitrogen and oxygen atoms in total. The fourth-order valence-corrected chi connectivity index (χ4v) is 5.31. The van der Waals surface area contributed by atoms with E-state index in [0.717, 1.165) is 62.9 Å². The summed E-state index contributed by atoms with van der Waals surface area (Å²) in [5.41, 5.74) is -1.13. The highest BCUT2D eigenvalue weighted by atomic mass is 32.2. The molecule has 1 unspecified atom stereocenters. The summed E-state index contributed by atoms with van der Waals surface area (Å²) in [7, 11) is 0. The normalized spacial score (nSPS) is 26.0. The molecular weight excluding hydrogens is 400 g/mol. The van der Waals surface area contributed by atoms with Crippen molar-refractivity contribution < 1.29 is 14.6 Å². The van der Waals surface area contributed by atoms with Crippen LogP contribution in [0.5, 0.6) is 0 Å². The molecule has 1 saturated carbocycles. The molecule has 1 aliphatic carbocycles. The third kappa shape index (κ3) is 6.94. The Morgan fingerprint density at radius 2 is 2.00 bits per heavy atom. The molecule has 0 spiro atoms. The van der Waals surface area contributed by atoms with Gasteiger partial charge in [-0.05, 0) is 71.5 Å². The zero-order chi connectivity index (χ0) is 21.8. The van der Waals surface area contributed by atoms with Gasteiger partial charge in [0.25, 0.3) is 0 Å². The van der Waals surface area contributed by atoms with Crippen LogP contribution in [0.25, 0.3) is 0 Å². The topological polar surface area (TPSA) is 77.4 Å². The van der Waals surface area contributed by atoms with Crippen molar-refractivity contribution in [1.82, 2.24) is 15.1 Å². The fourth-order valence-electron chi connectivity index (χ4n) is 4.03. The molecule has 0 aromatic heterocycles. The lowest BCUT2D eigenvalue weighted by molar-refractivity contribution is 0.00922. The number of thioether (sulfide) groups is 1. The number of nitrogens with zero attached hydrogens (tertiary/aromatic N) is 3. The molecule has 0 radical (unpaired) electrons. The van der Waals surface area contributed by atoms with Gasteiger partial charge in [-0.15, -0.1) is 0 Å². The van der Waals surface area contributed by atoms with Crippen molar-refractivity contribution in [3.8, 4) is 0 Å². The first-order valence-electron chi connectivity index (χ1n) is 11.5. The number of aliphatic hydroxyl groups is 1. The number of rotatable bonds is 6. The third-order valence-electron chi connectivity index (χ3n) is 5.93. The molecule has 172 valence electrons. The van der Waals surface area contributed by atoms with E-state index >= 15 is 0 Å². The van der Waals surface area contributed by atoms with Crippen molar-refractivity contribution in [2.45, 2.75) is 77.0 Å². The SMILES string of the molecule is CCNC(=NCC1(O)CCSC1)N1CCC(N(CC2CC2)C(=O)OC(C)(C)C)CC1. The van der Waals surface area contributed by atoms with Crippen molar-refractivity contribution in [3.63, 3.8) is 0 Å². The second kappa shape index (κ2) is 9.98. The van der Waals surface area contributed by atoms with E-state index in [9.17, 15) is 9.90 Å². The molecule has 0 aromatic carbocycles. The van der Waals surface area contributed by atoms with Crippen LogP contribution in [0.3, 0.4) is 0 Å². The van der Waals surface area contributed by atoms with Crippen LogP contribution in [-0.4, -0.2) is 88.4 Å². The molecule has 3 fully saturated rings. The monoisotopic (exact) mass is 440 g/mol. The first kappa shape index (κ1) is 23.5. The lowest BCUT2D eigenvalue weighted by Crippen LogP contribution is -2.53. The van der Waals surface area contributed by atoms with Crippen LogP contribution in [0.15, 0.2) is 4.99 Å². The van der Waals surface area contributed by atoms with E-state index in [1.165, 1.54) is 12.8 Å². The molecule has 2 saturated heterocycles. The number of piperidine rings is 1. The second-order valence-corrected chi connectivity index (χ2v) is 11.1. The first-order chi connectivity index (χ1) is 14.2. The van der Waals surface area contributed by atoms with E-state index < -0.39 is 11.2 Å². The molecule has 0 bridgehead atoms. The summed E-state index contributed by atoms with van der Waals surface area (Å²) < 4.78 is 5.71. The number of likely N-dealkylation sites (tertiary alicyclic amines) is 1. The Morgan fingerprint density at radius 1 is 1.30 bits per heavy atom. The zero-order valence-electron chi connectivity index (χ0n) is 19.2. The third-order valence-corrected chi connectivity index (χ3v) is 7.16. The number of guanidine groups is 1. The number of aliphatic imine (C=N–C) groups is 1. The maximum Gasteiger partial charge on any atom is 0.410 e. The van der Waals surface area contributed by atoms with Crippen LogP contribution in [0, 0.1) is 5.92 Å². The maximum atomic E-state index is 12.8. The molecule has 2 N–H and O–H groups in total. The second-order valence-electron chi connectivity index (χ2n) is 9.99. The quantitative estimate of drug-likeness (QED) is 0.488. The molecule has 1 atom stereocenters. The van der Waals surface area contributed by atoms with Crippen molar-refractivity contribution in [2.24, 2.45) is 10.9 Å². The summed E-state index contributed by atoms with van der Waals surface area (Å²) >= 11 is 1.80. The van der Waals surface area contributed by atoms with Crippen LogP contribution < -0.4 is 5.32 Å². The summed E-state index contributed by atoms with van der Waals surface area (Å²) in [6, 6.07) is 0.218. The number of hydrogen-bond acceptors (Lipinski definition) is 5. The summed E-state index contributed by atoms with van der Waals surface area (Å²) in [4.78, 5) is 21.9. The maximum absolute atomic E-state index is 12.8. The fraction of sp³-hybridized carbons (Fsp3) is 0.909. The van der Waals surface area contributed by atoms with Gasteiger partial charge in [-0.25, -0.2) is 4.79 Å². The largest absolute Gasteiger partial charge is 0.444 e. The molecule has 30 heavy (non-hydrogen) atoms. The van der Waals surface area contributed by atoms with Crippen LogP contribution in [0.1, 0.15) is 59.8 Å². The summed E-state index contributed by atoms with van der Waals surface area (Å²) in [6.07, 6.45) is 4.91. The van der Waals surface area contributed by atoms with Gasteiger partial charge in [0.1, 0.15) is 5.60 Å². The molecule has 0 aromatic rings. The van der Waals surface area contributed by atoms with E-state index in [0.29, 0.717) is 12.5 Å². The van der Waals surface area contributed by atoms with E-state index in [-0.39, 0.29) is 12.1 Å². The number of carbonyl (C=O) groups excluding carboxylic acids is 1. The Labute approximate surface area is 186 Å². The average molecular weight is 441 g/mol. The Morgan fingerprint density at radius 3 is 2.53 bits per heavy atom. The minimum atomic E-state index is -0.665. The van der Waals surface area contributed by atoms with E-state index in [2.05, 4.69) is 17.1 Å². The van der Waals surface area contributed by atoms with E-state index in [1.54, 1.807) is 11.8 Å². The molecule has 3 aliphatic rings. The summed E-state index contributed by atoms with van der Waals surface area (Å²) in [5, 5.41) is 14.0. The van der Waals surface area contributed by atoms with Gasteiger partial charge in [0.15, 0.2) is 5.96 Å². The predicted octanol–water partition coefficient (Wildman–Crippen LogP) is 2.93. The van der Waals surface area contributed by atoms with Gasteiger partial charge < -0.3 is 25.0 Å². The Kier molecular flexibility index (Phi) is 7.82. The Bertz CT molecular complexity index is 604. The van der Waals surface area contributed by atoms with Gasteiger partial charge in [0, 0.05) is 38.0 Å². The highest BCUT2D eigenvalue weighted by Gasteiger charge is 2.36. The van der Waals surface area contributed by atoms with Crippen molar-refractivity contribution >= 4 is 23.8 Å². The van der Waals surface area contributed by atoms with E-state index in [1.807, 2.05) is 25.7 Å². The van der Waals surface area contributed by atoms with Gasteiger partial charge in [-0.1, -0.05) is 0 Å². The van der Waals surface area contributed by atoms with Crippen LogP contribution in [0.4, 0.5) is 4.79 Å². The predicted molar refractivity (Wildman–Crippen MR) is 123 cm³/mol. The number of hydrogen-bond donors (Lipinski definition) is 2. The van der Waals surface area contributed by atoms with Crippen LogP contribution >= 0.6 is 11.8 Å². The summed E-state index contributed by atoms with van der Waals surface area (Å²) in [6.45, 7) is 11.6. The molecule has 2 aliphatic heterocycles. The Balaban J connectivity index is 1.59. The lowest BCUT2D eigenvalue weighted by atomic mass is 10.0. The van der Waals surface area contributed by atoms with Gasteiger partial charge in [-0.2, -0.15) is 11.8 Å². The van der Waals surface area contributed by atoms with E-state index in [4.69, 9.17) is 9.73 Å². The molecule has 8 heteroatoms. The van der Waals surface area contributed by atoms with Gasteiger partial charge >= 0.3 is 6.09 Å². The standard InChI is InChI=1S/C22H40N4O3S/c1-5-23-19(24-15-22(28)10-13-30-16-22)25-11-8-18(9-12-25)26(14-17-6-7-17)20(27)29-21(2,3)4/h17-18,28H,5-16H2,1-4H3,(H,23,24). The van der Waals surface area contributed by atoms with Crippen molar-refractivity contribution in [1.29, 1.82) is 0 Å². The van der Waals surface area contributed by atoms with Gasteiger partial charge in [0.2, 0.25) is 0 Å². The van der Waals surface area contributed by atoms with Crippen molar-refractivity contribution in [2.75, 3.05) is 44.2 Å². The lowest BCUT2D eigenvalue weighted by Gasteiger charge is -2.40. The number of nitrogens with one attached hydrogen (secondary N) is 1. The first-order valence-corrected chi connectivity index (χ1v) is 12.7. The van der Waals surface area contributed by atoms with Gasteiger partial charge in [0.05, 0.1) is 12.1 Å². The number of amides is 1. The number of carbonyl (C=O) groups is 1. The minimum Gasteiger partial charge on any atom is -0.444 e. The molecule has 1 amide bonds.